The van der Waals surface area contributed by atoms with Gasteiger partial charge in [-0.1, -0.05) is 24.3 Å². The van der Waals surface area contributed by atoms with Crippen molar-refractivity contribution in [2.45, 2.75) is 26.4 Å². The van der Waals surface area contributed by atoms with Crippen molar-refractivity contribution >= 4 is 18.3 Å². The first-order valence-corrected chi connectivity index (χ1v) is 9.32. The molecule has 0 saturated carbocycles. The van der Waals surface area contributed by atoms with Gasteiger partial charge in [-0.2, -0.15) is 0 Å². The molecule has 0 aliphatic carbocycles. The third-order valence-electron chi connectivity index (χ3n) is 5.89. The van der Waals surface area contributed by atoms with Crippen LogP contribution in [-0.2, 0) is 11.3 Å². The lowest BCUT2D eigenvalue weighted by Gasteiger charge is -2.29. The van der Waals surface area contributed by atoms with Gasteiger partial charge in [-0.15, -0.1) is 12.4 Å². The minimum Gasteiger partial charge on any atom is -0.333 e. The van der Waals surface area contributed by atoms with E-state index in [1.807, 2.05) is 17.0 Å². The molecular weight excluding hydrogens is 380 g/mol. The summed E-state index contributed by atoms with van der Waals surface area (Å²) in [7, 11) is 0. The molecule has 7 nitrogen and oxygen atoms in total. The molecule has 2 aliphatic heterocycles. The molecule has 1 aromatic heterocycles. The summed E-state index contributed by atoms with van der Waals surface area (Å²) < 4.78 is 1.29. The van der Waals surface area contributed by atoms with Crippen LogP contribution in [-0.4, -0.2) is 40.0 Å². The van der Waals surface area contributed by atoms with Gasteiger partial charge in [0, 0.05) is 37.3 Å². The maximum atomic E-state index is 13.1. The fourth-order valence-electron chi connectivity index (χ4n) is 4.47. The minimum atomic E-state index is -0.549. The fraction of sp³-hybridized carbons (Fsp3) is 0.450. The molecule has 0 radical (unpaired) electrons. The first-order valence-electron chi connectivity index (χ1n) is 9.32. The molecule has 150 valence electrons. The third kappa shape index (κ3) is 3.52. The van der Waals surface area contributed by atoms with Gasteiger partial charge < -0.3 is 10.2 Å². The standard InChI is InChI=1S/C20H24N4O3.ClH/c1-12-5-3-4-6-15(12)18-16-8-21-7-14(16)10-24(18)17(25)11-23-9-13(2)19(26)22-20(23)27;/h3-6,9,14,16,18,21H,7-8,10-11H2,1-2H3,(H,22,26,27);1H/t14-,16-,18-;/m0./s1. The van der Waals surface area contributed by atoms with Gasteiger partial charge in [0.2, 0.25) is 5.91 Å². The predicted molar refractivity (Wildman–Crippen MR) is 109 cm³/mol. The number of aromatic amines is 1. The van der Waals surface area contributed by atoms with Crippen LogP contribution in [0.4, 0.5) is 0 Å². The van der Waals surface area contributed by atoms with E-state index < -0.39 is 11.2 Å². The molecule has 8 heteroatoms. The SMILES string of the molecule is Cc1ccccc1[C@H]1[C@H]2CNC[C@H]2CN1C(=O)Cn1cc(C)c(=O)[nH]c1=O.Cl. The molecule has 1 aromatic carbocycles. The van der Waals surface area contributed by atoms with E-state index in [0.717, 1.165) is 13.1 Å². The van der Waals surface area contributed by atoms with Gasteiger partial charge in [-0.3, -0.25) is 19.1 Å². The molecule has 0 bridgehead atoms. The third-order valence-corrected chi connectivity index (χ3v) is 5.89. The smallest absolute Gasteiger partial charge is 0.328 e. The number of H-pyrrole nitrogens is 1. The van der Waals surface area contributed by atoms with Gasteiger partial charge in [0.1, 0.15) is 6.54 Å². The quantitative estimate of drug-likeness (QED) is 0.798. The number of aryl methyl sites for hydroxylation is 2. The van der Waals surface area contributed by atoms with Crippen molar-refractivity contribution in [2.75, 3.05) is 19.6 Å². The van der Waals surface area contributed by atoms with Crippen LogP contribution in [0.5, 0.6) is 0 Å². The second-order valence-corrected chi connectivity index (χ2v) is 7.63. The molecule has 2 saturated heterocycles. The molecule has 28 heavy (non-hydrogen) atoms. The predicted octanol–water partition coefficient (Wildman–Crippen LogP) is 0.994. The number of aromatic nitrogens is 2. The van der Waals surface area contributed by atoms with E-state index in [1.165, 1.54) is 21.9 Å². The van der Waals surface area contributed by atoms with E-state index >= 15 is 0 Å². The number of halogens is 1. The molecule has 3 heterocycles. The van der Waals surface area contributed by atoms with Crippen LogP contribution in [0.2, 0.25) is 0 Å². The number of hydrogen-bond acceptors (Lipinski definition) is 4. The zero-order valence-corrected chi connectivity index (χ0v) is 16.8. The molecular formula is C20H25ClN4O3. The van der Waals surface area contributed by atoms with Gasteiger partial charge in [0.15, 0.2) is 0 Å². The van der Waals surface area contributed by atoms with Crippen LogP contribution in [0.1, 0.15) is 22.7 Å². The van der Waals surface area contributed by atoms with Gasteiger partial charge in [-0.25, -0.2) is 4.79 Å². The van der Waals surface area contributed by atoms with Gasteiger partial charge in [0.25, 0.3) is 5.56 Å². The Morgan fingerprint density at radius 2 is 1.89 bits per heavy atom. The van der Waals surface area contributed by atoms with Gasteiger partial charge >= 0.3 is 5.69 Å². The Hall–Kier alpha value is -2.38. The largest absolute Gasteiger partial charge is 0.333 e. The average Bonchev–Trinajstić information content (AvgIpc) is 3.21. The number of nitrogens with one attached hydrogen (secondary N) is 2. The van der Waals surface area contributed by atoms with Crippen LogP contribution in [0.3, 0.4) is 0 Å². The Morgan fingerprint density at radius 3 is 2.64 bits per heavy atom. The van der Waals surface area contributed by atoms with Crippen molar-refractivity contribution in [3.8, 4) is 0 Å². The summed E-state index contributed by atoms with van der Waals surface area (Å²) in [6, 6.07) is 8.20. The van der Waals surface area contributed by atoms with Crippen LogP contribution in [0, 0.1) is 25.7 Å². The Bertz CT molecular complexity index is 999. The van der Waals surface area contributed by atoms with Crippen molar-refractivity contribution in [2.24, 2.45) is 11.8 Å². The van der Waals surface area contributed by atoms with E-state index in [1.54, 1.807) is 6.92 Å². The normalized spacial score (nSPS) is 23.4. The zero-order chi connectivity index (χ0) is 19.1. The Labute approximate surface area is 169 Å². The minimum absolute atomic E-state index is 0. The van der Waals surface area contributed by atoms with Crippen LogP contribution in [0.15, 0.2) is 40.1 Å². The van der Waals surface area contributed by atoms with E-state index in [0.29, 0.717) is 23.9 Å². The molecule has 3 atom stereocenters. The lowest BCUT2D eigenvalue weighted by atomic mass is 9.87. The summed E-state index contributed by atoms with van der Waals surface area (Å²) in [5, 5.41) is 3.44. The van der Waals surface area contributed by atoms with E-state index in [-0.39, 0.29) is 30.9 Å². The molecule has 2 fully saturated rings. The summed E-state index contributed by atoms with van der Waals surface area (Å²) >= 11 is 0. The van der Waals surface area contributed by atoms with E-state index in [4.69, 9.17) is 0 Å². The van der Waals surface area contributed by atoms with Crippen molar-refractivity contribution in [3.63, 3.8) is 0 Å². The number of carbonyl (C=O) groups excluding carboxylic acids is 1. The Kier molecular flexibility index (Phi) is 5.76. The highest BCUT2D eigenvalue weighted by molar-refractivity contribution is 5.85. The number of amides is 1. The number of carbonyl (C=O) groups is 1. The molecule has 4 rings (SSSR count). The molecule has 1 amide bonds. The number of hydrogen-bond donors (Lipinski definition) is 2. The fourth-order valence-corrected chi connectivity index (χ4v) is 4.47. The van der Waals surface area contributed by atoms with E-state index in [9.17, 15) is 14.4 Å². The first kappa shape index (κ1) is 20.4. The molecule has 2 aliphatic rings. The molecule has 0 spiro atoms. The Balaban J connectivity index is 0.00000225. The van der Waals surface area contributed by atoms with Crippen molar-refractivity contribution < 1.29 is 4.79 Å². The van der Waals surface area contributed by atoms with Gasteiger partial charge in [0.05, 0.1) is 6.04 Å². The number of nitrogens with zero attached hydrogens (tertiary/aromatic N) is 2. The first-order chi connectivity index (χ1) is 13.0. The number of rotatable bonds is 3. The highest BCUT2D eigenvalue weighted by Gasteiger charge is 2.46. The number of fused-ring (bicyclic) bond motifs is 1. The molecule has 0 unspecified atom stereocenters. The summed E-state index contributed by atoms with van der Waals surface area (Å²) in [6.45, 7) is 6.13. The topological polar surface area (TPSA) is 87.2 Å². The number of likely N-dealkylation sites (tertiary alicyclic amines) is 1. The van der Waals surface area contributed by atoms with E-state index in [2.05, 4.69) is 29.4 Å². The highest BCUT2D eigenvalue weighted by Crippen LogP contribution is 2.43. The monoisotopic (exact) mass is 404 g/mol. The van der Waals surface area contributed by atoms with Crippen LogP contribution in [0.25, 0.3) is 0 Å². The maximum Gasteiger partial charge on any atom is 0.328 e. The lowest BCUT2D eigenvalue weighted by molar-refractivity contribution is -0.133. The highest BCUT2D eigenvalue weighted by atomic mass is 35.5. The molecule has 2 aromatic rings. The zero-order valence-electron chi connectivity index (χ0n) is 16.0. The molecule has 2 N–H and O–H groups in total. The summed E-state index contributed by atoms with van der Waals surface area (Å²) in [5.74, 6) is 0.711. The Morgan fingerprint density at radius 1 is 1.14 bits per heavy atom. The maximum absolute atomic E-state index is 13.1. The lowest BCUT2D eigenvalue weighted by Crippen LogP contribution is -2.40. The van der Waals surface area contributed by atoms with Crippen LogP contribution >= 0.6 is 12.4 Å². The van der Waals surface area contributed by atoms with Crippen molar-refractivity contribution in [3.05, 3.63) is 68.0 Å². The second-order valence-electron chi connectivity index (χ2n) is 7.63. The average molecular weight is 405 g/mol. The number of benzene rings is 1. The van der Waals surface area contributed by atoms with Crippen molar-refractivity contribution in [1.82, 2.24) is 19.8 Å². The summed E-state index contributed by atoms with van der Waals surface area (Å²) in [5.41, 5.74) is 1.80. The summed E-state index contributed by atoms with van der Waals surface area (Å²) in [4.78, 5) is 41.0. The summed E-state index contributed by atoms with van der Waals surface area (Å²) in [6.07, 6.45) is 1.46. The van der Waals surface area contributed by atoms with Crippen LogP contribution < -0.4 is 16.6 Å². The van der Waals surface area contributed by atoms with Crippen molar-refractivity contribution in [1.29, 1.82) is 0 Å². The second kappa shape index (κ2) is 7.93. The van der Waals surface area contributed by atoms with Gasteiger partial charge in [-0.05, 0) is 30.9 Å².